The summed E-state index contributed by atoms with van der Waals surface area (Å²) >= 11 is 4.22. The maximum Gasteiger partial charge on any atom is -0.00127 e. The summed E-state index contributed by atoms with van der Waals surface area (Å²) in [6.07, 6.45) is 2.71. The Morgan fingerprint density at radius 3 is 2.67 bits per heavy atom. The highest BCUT2D eigenvalue weighted by Crippen LogP contribution is 2.09. The van der Waals surface area contributed by atoms with E-state index in [1.54, 1.807) is 0 Å². The van der Waals surface area contributed by atoms with Gasteiger partial charge in [0.1, 0.15) is 0 Å². The molecule has 0 spiro atoms. The predicted molar refractivity (Wildman–Crippen MR) is 46.7 cm³/mol. The molecule has 0 aromatic heterocycles. The third kappa shape index (κ3) is 3.33. The molecule has 56 valence electrons. The number of hydrogen-bond acceptors (Lipinski definition) is 2. The van der Waals surface area contributed by atoms with E-state index in [1.807, 2.05) is 0 Å². The zero-order valence-electron chi connectivity index (χ0n) is 5.47. The van der Waals surface area contributed by atoms with Gasteiger partial charge >= 0.3 is 0 Å². The van der Waals surface area contributed by atoms with E-state index in [-0.39, 0.29) is 12.4 Å². The van der Waals surface area contributed by atoms with Crippen molar-refractivity contribution in [2.75, 3.05) is 18.8 Å². The largest absolute Gasteiger partial charge is 0.316 e. The molecule has 0 radical (unpaired) electrons. The third-order valence-electron chi connectivity index (χ3n) is 1.66. The summed E-state index contributed by atoms with van der Waals surface area (Å²) in [5, 5.41) is 3.34. The molecule has 0 aromatic rings. The molecule has 1 N–H and O–H groups in total. The minimum atomic E-state index is 0. The zero-order valence-corrected chi connectivity index (χ0v) is 7.18. The van der Waals surface area contributed by atoms with Crippen LogP contribution in [0.3, 0.4) is 0 Å². The van der Waals surface area contributed by atoms with Gasteiger partial charge in [-0.3, -0.25) is 0 Å². The summed E-state index contributed by atoms with van der Waals surface area (Å²) in [4.78, 5) is 0. The summed E-state index contributed by atoms with van der Waals surface area (Å²) in [5.74, 6) is 1.89. The molecule has 1 heterocycles. The summed E-state index contributed by atoms with van der Waals surface area (Å²) in [6.45, 7) is 2.40. The monoisotopic (exact) mass is 167 g/mol. The van der Waals surface area contributed by atoms with E-state index >= 15 is 0 Å². The van der Waals surface area contributed by atoms with Crippen molar-refractivity contribution in [1.82, 2.24) is 5.32 Å². The maximum atomic E-state index is 4.22. The predicted octanol–water partition coefficient (Wildman–Crippen LogP) is 1.34. The first kappa shape index (κ1) is 9.60. The molecular weight excluding hydrogens is 154 g/mol. The smallest absolute Gasteiger partial charge is 0.00127 e. The Bertz CT molecular complexity index is 64.1. The van der Waals surface area contributed by atoms with Gasteiger partial charge in [0.2, 0.25) is 0 Å². The lowest BCUT2D eigenvalue weighted by atomic mass is 10.0. The molecule has 3 heteroatoms. The Morgan fingerprint density at radius 2 is 2.33 bits per heavy atom. The lowest BCUT2D eigenvalue weighted by Gasteiger charge is -2.20. The van der Waals surface area contributed by atoms with Crippen LogP contribution in [0.4, 0.5) is 0 Å². The molecule has 1 aliphatic rings. The van der Waals surface area contributed by atoms with Gasteiger partial charge in [-0.15, -0.1) is 12.4 Å². The van der Waals surface area contributed by atoms with E-state index in [0.29, 0.717) is 0 Å². The molecule has 1 atom stereocenters. The third-order valence-corrected chi connectivity index (χ3v) is 2.17. The second-order valence-electron chi connectivity index (χ2n) is 2.39. The zero-order chi connectivity index (χ0) is 5.82. The quantitative estimate of drug-likeness (QED) is 0.562. The Labute approximate surface area is 68.4 Å². The van der Waals surface area contributed by atoms with Crippen LogP contribution in [0.5, 0.6) is 0 Å². The van der Waals surface area contributed by atoms with E-state index < -0.39 is 0 Å². The van der Waals surface area contributed by atoms with Gasteiger partial charge < -0.3 is 5.32 Å². The lowest BCUT2D eigenvalue weighted by molar-refractivity contribution is 0.411. The Balaban J connectivity index is 0.000000640. The number of hydrogen-bond donors (Lipinski definition) is 2. The highest BCUT2D eigenvalue weighted by molar-refractivity contribution is 7.80. The standard InChI is InChI=1S/C6H13NS.ClH/c8-5-6-2-1-3-7-4-6;/h6-8H,1-5H2;1H/t6-;/m1./s1. The van der Waals surface area contributed by atoms with Crippen LogP contribution >= 0.6 is 25.0 Å². The van der Waals surface area contributed by atoms with Gasteiger partial charge in [0, 0.05) is 0 Å². The normalized spacial score (nSPS) is 27.0. The van der Waals surface area contributed by atoms with Crippen LogP contribution < -0.4 is 5.32 Å². The number of rotatable bonds is 1. The van der Waals surface area contributed by atoms with Crippen molar-refractivity contribution in [3.05, 3.63) is 0 Å². The first-order valence-corrected chi connectivity index (χ1v) is 3.88. The molecule has 1 nitrogen and oxygen atoms in total. The van der Waals surface area contributed by atoms with Gasteiger partial charge in [-0.2, -0.15) is 12.6 Å². The number of nitrogens with one attached hydrogen (secondary N) is 1. The second-order valence-corrected chi connectivity index (χ2v) is 2.76. The van der Waals surface area contributed by atoms with E-state index in [2.05, 4.69) is 17.9 Å². The van der Waals surface area contributed by atoms with Crippen molar-refractivity contribution >= 4 is 25.0 Å². The van der Waals surface area contributed by atoms with Crippen molar-refractivity contribution < 1.29 is 0 Å². The molecule has 0 aliphatic carbocycles. The van der Waals surface area contributed by atoms with Gasteiger partial charge in [-0.05, 0) is 37.6 Å². The average molecular weight is 168 g/mol. The van der Waals surface area contributed by atoms with Crippen molar-refractivity contribution in [2.45, 2.75) is 12.8 Å². The Morgan fingerprint density at radius 1 is 1.56 bits per heavy atom. The number of halogens is 1. The first-order valence-electron chi connectivity index (χ1n) is 3.25. The number of thiol groups is 1. The summed E-state index contributed by atoms with van der Waals surface area (Å²) < 4.78 is 0. The van der Waals surface area contributed by atoms with Crippen LogP contribution in [-0.2, 0) is 0 Å². The van der Waals surface area contributed by atoms with Crippen molar-refractivity contribution in [3.8, 4) is 0 Å². The van der Waals surface area contributed by atoms with Gasteiger partial charge in [0.15, 0.2) is 0 Å². The minimum Gasteiger partial charge on any atom is -0.316 e. The number of piperidine rings is 1. The van der Waals surface area contributed by atoms with Crippen molar-refractivity contribution in [3.63, 3.8) is 0 Å². The molecule has 1 fully saturated rings. The lowest BCUT2D eigenvalue weighted by Crippen LogP contribution is -2.30. The van der Waals surface area contributed by atoms with Crippen LogP contribution in [0.1, 0.15) is 12.8 Å². The SMILES string of the molecule is Cl.SC[C@@H]1CCCNC1. The van der Waals surface area contributed by atoms with Gasteiger partial charge in [0.05, 0.1) is 0 Å². The van der Waals surface area contributed by atoms with Gasteiger partial charge in [0.25, 0.3) is 0 Å². The topological polar surface area (TPSA) is 12.0 Å². The van der Waals surface area contributed by atoms with Crippen LogP contribution in [-0.4, -0.2) is 18.8 Å². The maximum absolute atomic E-state index is 4.22. The second kappa shape index (κ2) is 5.39. The van der Waals surface area contributed by atoms with Crippen LogP contribution in [0.15, 0.2) is 0 Å². The van der Waals surface area contributed by atoms with Gasteiger partial charge in [-0.1, -0.05) is 0 Å². The molecule has 1 rings (SSSR count). The van der Waals surface area contributed by atoms with Crippen molar-refractivity contribution in [1.29, 1.82) is 0 Å². The highest BCUT2D eigenvalue weighted by Gasteiger charge is 2.09. The fourth-order valence-electron chi connectivity index (χ4n) is 1.08. The van der Waals surface area contributed by atoms with Crippen LogP contribution in [0.25, 0.3) is 0 Å². The molecule has 0 bridgehead atoms. The summed E-state index contributed by atoms with van der Waals surface area (Å²) in [5.41, 5.74) is 0. The molecule has 0 aromatic carbocycles. The Kier molecular flexibility index (Phi) is 5.75. The van der Waals surface area contributed by atoms with E-state index in [0.717, 1.165) is 11.7 Å². The van der Waals surface area contributed by atoms with Crippen molar-refractivity contribution in [2.24, 2.45) is 5.92 Å². The average Bonchev–Trinajstić information content (AvgIpc) is 1.90. The minimum absolute atomic E-state index is 0. The molecule has 0 unspecified atom stereocenters. The highest BCUT2D eigenvalue weighted by atomic mass is 35.5. The Hall–Kier alpha value is 0.600. The first-order chi connectivity index (χ1) is 3.93. The molecule has 0 saturated carbocycles. The van der Waals surface area contributed by atoms with Gasteiger partial charge in [-0.25, -0.2) is 0 Å². The van der Waals surface area contributed by atoms with Crippen LogP contribution in [0, 0.1) is 5.92 Å². The van der Waals surface area contributed by atoms with E-state index in [1.165, 1.54) is 25.9 Å². The van der Waals surface area contributed by atoms with Crippen LogP contribution in [0.2, 0.25) is 0 Å². The fourth-order valence-corrected chi connectivity index (χ4v) is 1.39. The molecule has 9 heavy (non-hydrogen) atoms. The van der Waals surface area contributed by atoms with E-state index in [4.69, 9.17) is 0 Å². The molecule has 1 aliphatic heterocycles. The molecule has 0 amide bonds. The van der Waals surface area contributed by atoms with E-state index in [9.17, 15) is 0 Å². The molecular formula is C6H14ClNS. The summed E-state index contributed by atoms with van der Waals surface area (Å²) in [6, 6.07) is 0. The molecule has 1 saturated heterocycles. The fraction of sp³-hybridized carbons (Fsp3) is 1.00. The summed E-state index contributed by atoms with van der Waals surface area (Å²) in [7, 11) is 0.